The van der Waals surface area contributed by atoms with E-state index >= 15 is 0 Å². The van der Waals surface area contributed by atoms with Crippen LogP contribution < -0.4 is 4.74 Å². The zero-order chi connectivity index (χ0) is 13.4. The molecule has 19 heavy (non-hydrogen) atoms. The third kappa shape index (κ3) is 2.24. The molecule has 0 amide bonds. The molecular weight excluding hydrogens is 260 g/mol. The van der Waals surface area contributed by atoms with Crippen LogP contribution in [-0.4, -0.2) is 5.24 Å². The molecule has 1 unspecified atom stereocenters. The maximum Gasteiger partial charge on any atom is 0.228 e. The minimum atomic E-state index is -0.336. The van der Waals surface area contributed by atoms with E-state index in [9.17, 15) is 4.79 Å². The molecule has 1 atom stereocenters. The molecule has 0 aliphatic carbocycles. The lowest BCUT2D eigenvalue weighted by atomic mass is 9.94. The molecule has 0 N–H and O–H groups in total. The first-order valence-electron chi connectivity index (χ1n) is 6.23. The van der Waals surface area contributed by atoms with Gasteiger partial charge in [-0.3, -0.25) is 4.79 Å². The Bertz CT molecular complexity index is 649. The van der Waals surface area contributed by atoms with Gasteiger partial charge in [-0.25, -0.2) is 0 Å². The molecule has 0 bridgehead atoms. The van der Waals surface area contributed by atoms with Crippen molar-refractivity contribution in [2.45, 2.75) is 19.3 Å². The fourth-order valence-corrected chi connectivity index (χ4v) is 2.44. The third-order valence-electron chi connectivity index (χ3n) is 3.50. The van der Waals surface area contributed by atoms with Gasteiger partial charge in [0, 0.05) is 6.42 Å². The highest BCUT2D eigenvalue weighted by molar-refractivity contribution is 6.64. The zero-order valence-electron chi connectivity index (χ0n) is 10.5. The molecule has 0 fully saturated rings. The Morgan fingerprint density at radius 1 is 1.16 bits per heavy atom. The van der Waals surface area contributed by atoms with Crippen LogP contribution >= 0.6 is 11.6 Å². The van der Waals surface area contributed by atoms with Crippen molar-refractivity contribution in [1.29, 1.82) is 0 Å². The van der Waals surface area contributed by atoms with E-state index in [1.807, 2.05) is 43.3 Å². The number of carbonyl (C=O) groups is 1. The number of rotatable bonds is 2. The molecule has 96 valence electrons. The standard InChI is InChI=1S/C16H13ClO2/c1-10(16(17)18)11-6-7-15-13(8-11)9-12-4-2-3-5-14(12)19-15/h2-8,10H,9H2,1H3. The van der Waals surface area contributed by atoms with Gasteiger partial charge >= 0.3 is 0 Å². The number of fused-ring (bicyclic) bond motifs is 2. The number of hydrogen-bond acceptors (Lipinski definition) is 2. The smallest absolute Gasteiger partial charge is 0.228 e. The summed E-state index contributed by atoms with van der Waals surface area (Å²) in [5.41, 5.74) is 3.19. The lowest BCUT2D eigenvalue weighted by molar-refractivity contribution is -0.112. The number of para-hydroxylation sites is 1. The van der Waals surface area contributed by atoms with Gasteiger partial charge in [0.15, 0.2) is 0 Å². The fraction of sp³-hybridized carbons (Fsp3) is 0.188. The predicted octanol–water partition coefficient (Wildman–Crippen LogP) is 4.25. The lowest BCUT2D eigenvalue weighted by Crippen LogP contribution is -2.06. The second-order valence-electron chi connectivity index (χ2n) is 4.78. The van der Waals surface area contributed by atoms with E-state index in [4.69, 9.17) is 16.3 Å². The van der Waals surface area contributed by atoms with Gasteiger partial charge in [-0.05, 0) is 40.4 Å². The van der Waals surface area contributed by atoms with Crippen LogP contribution in [0.15, 0.2) is 42.5 Å². The highest BCUT2D eigenvalue weighted by Gasteiger charge is 2.19. The van der Waals surface area contributed by atoms with Crippen molar-refractivity contribution in [3.63, 3.8) is 0 Å². The summed E-state index contributed by atoms with van der Waals surface area (Å²) in [5, 5.41) is -0.336. The van der Waals surface area contributed by atoms with Gasteiger partial charge in [0.1, 0.15) is 11.5 Å². The van der Waals surface area contributed by atoms with E-state index in [1.54, 1.807) is 0 Å². The van der Waals surface area contributed by atoms with E-state index in [-0.39, 0.29) is 11.2 Å². The Balaban J connectivity index is 1.98. The highest BCUT2D eigenvalue weighted by Crippen LogP contribution is 2.37. The van der Waals surface area contributed by atoms with E-state index in [2.05, 4.69) is 6.07 Å². The normalized spacial score (nSPS) is 14.0. The average Bonchev–Trinajstić information content (AvgIpc) is 2.43. The summed E-state index contributed by atoms with van der Waals surface area (Å²) in [6.07, 6.45) is 0.822. The monoisotopic (exact) mass is 272 g/mol. The van der Waals surface area contributed by atoms with Crippen molar-refractivity contribution in [1.82, 2.24) is 0 Å². The lowest BCUT2D eigenvalue weighted by Gasteiger charge is -2.21. The Morgan fingerprint density at radius 2 is 1.89 bits per heavy atom. The Hall–Kier alpha value is -1.80. The molecule has 3 heteroatoms. The quantitative estimate of drug-likeness (QED) is 0.652. The maximum absolute atomic E-state index is 11.2. The van der Waals surface area contributed by atoms with Crippen LogP contribution in [-0.2, 0) is 11.2 Å². The average molecular weight is 273 g/mol. The first-order chi connectivity index (χ1) is 9.15. The van der Waals surface area contributed by atoms with E-state index in [0.717, 1.165) is 34.6 Å². The molecule has 3 rings (SSSR count). The second kappa shape index (κ2) is 4.71. The summed E-state index contributed by atoms with van der Waals surface area (Å²) in [5.74, 6) is 1.48. The van der Waals surface area contributed by atoms with Gasteiger partial charge in [-0.2, -0.15) is 0 Å². The van der Waals surface area contributed by atoms with Crippen molar-refractivity contribution in [3.05, 3.63) is 59.2 Å². The molecule has 0 aromatic heterocycles. The van der Waals surface area contributed by atoms with Crippen LogP contribution in [0.3, 0.4) is 0 Å². The molecule has 1 heterocycles. The van der Waals surface area contributed by atoms with Gasteiger partial charge in [0.25, 0.3) is 0 Å². The second-order valence-corrected chi connectivity index (χ2v) is 5.15. The SMILES string of the molecule is CC(C(=O)Cl)c1ccc2c(c1)Cc1ccccc1O2. The van der Waals surface area contributed by atoms with Gasteiger partial charge in [-0.1, -0.05) is 37.3 Å². The highest BCUT2D eigenvalue weighted by atomic mass is 35.5. The molecule has 0 spiro atoms. The van der Waals surface area contributed by atoms with Crippen LogP contribution in [0.5, 0.6) is 11.5 Å². The number of halogens is 1. The van der Waals surface area contributed by atoms with E-state index in [1.165, 1.54) is 0 Å². The molecule has 2 nitrogen and oxygen atoms in total. The summed E-state index contributed by atoms with van der Waals surface area (Å²) in [6.45, 7) is 1.81. The molecule has 1 aliphatic rings. The first-order valence-corrected chi connectivity index (χ1v) is 6.61. The molecule has 0 radical (unpaired) electrons. The first kappa shape index (κ1) is 12.2. The Labute approximate surface area is 117 Å². The topological polar surface area (TPSA) is 26.3 Å². The molecule has 2 aromatic rings. The van der Waals surface area contributed by atoms with Crippen molar-refractivity contribution in [3.8, 4) is 11.5 Å². The van der Waals surface area contributed by atoms with E-state index in [0.29, 0.717) is 0 Å². The van der Waals surface area contributed by atoms with Gasteiger partial charge in [0.05, 0.1) is 5.92 Å². The Morgan fingerprint density at radius 3 is 2.68 bits per heavy atom. The summed E-state index contributed by atoms with van der Waals surface area (Å²) >= 11 is 5.56. The van der Waals surface area contributed by atoms with Crippen molar-refractivity contribution in [2.24, 2.45) is 0 Å². The molecule has 2 aromatic carbocycles. The van der Waals surface area contributed by atoms with Gasteiger partial charge in [-0.15, -0.1) is 0 Å². The third-order valence-corrected chi connectivity index (χ3v) is 3.83. The van der Waals surface area contributed by atoms with Crippen LogP contribution in [0.2, 0.25) is 0 Å². The summed E-state index contributed by atoms with van der Waals surface area (Å²) in [4.78, 5) is 11.2. The molecule has 0 saturated heterocycles. The van der Waals surface area contributed by atoms with Crippen molar-refractivity contribution < 1.29 is 9.53 Å². The number of ether oxygens (including phenoxy) is 1. The van der Waals surface area contributed by atoms with E-state index < -0.39 is 0 Å². The molecule has 1 aliphatic heterocycles. The Kier molecular flexibility index (Phi) is 3.03. The zero-order valence-corrected chi connectivity index (χ0v) is 11.3. The number of carbonyl (C=O) groups excluding carboxylic acids is 1. The van der Waals surface area contributed by atoms with Gasteiger partial charge in [0.2, 0.25) is 5.24 Å². The minimum absolute atomic E-state index is 0.288. The van der Waals surface area contributed by atoms with Crippen LogP contribution in [0, 0.1) is 0 Å². The van der Waals surface area contributed by atoms with Gasteiger partial charge < -0.3 is 4.74 Å². The van der Waals surface area contributed by atoms with Crippen molar-refractivity contribution >= 4 is 16.8 Å². The van der Waals surface area contributed by atoms with Crippen LogP contribution in [0.25, 0.3) is 0 Å². The van der Waals surface area contributed by atoms with Crippen LogP contribution in [0.1, 0.15) is 29.5 Å². The molecule has 0 saturated carbocycles. The summed E-state index contributed by atoms with van der Waals surface area (Å²) in [6, 6.07) is 13.8. The minimum Gasteiger partial charge on any atom is -0.457 e. The number of benzene rings is 2. The molecular formula is C16H13ClO2. The number of hydrogen-bond donors (Lipinski definition) is 0. The maximum atomic E-state index is 11.2. The van der Waals surface area contributed by atoms with Crippen molar-refractivity contribution in [2.75, 3.05) is 0 Å². The summed E-state index contributed by atoms with van der Waals surface area (Å²) < 4.78 is 5.85. The van der Waals surface area contributed by atoms with Crippen LogP contribution in [0.4, 0.5) is 0 Å². The largest absolute Gasteiger partial charge is 0.457 e. The fourth-order valence-electron chi connectivity index (χ4n) is 2.31. The predicted molar refractivity (Wildman–Crippen MR) is 75.0 cm³/mol. The summed E-state index contributed by atoms with van der Waals surface area (Å²) in [7, 11) is 0.